The fraction of sp³-hybridized carbons (Fsp3) is 0.440. The van der Waals surface area contributed by atoms with Gasteiger partial charge in [0.1, 0.15) is 11.5 Å². The van der Waals surface area contributed by atoms with E-state index < -0.39 is 0 Å². The maximum Gasteiger partial charge on any atom is 0.292 e. The molecule has 31 heavy (non-hydrogen) atoms. The Labute approximate surface area is 184 Å². The first-order chi connectivity index (χ1) is 15.1. The third-order valence-corrected chi connectivity index (χ3v) is 5.59. The molecule has 2 N–H and O–H groups in total. The van der Waals surface area contributed by atoms with Gasteiger partial charge in [0.25, 0.3) is 5.91 Å². The predicted octanol–water partition coefficient (Wildman–Crippen LogP) is 3.09. The van der Waals surface area contributed by atoms with Crippen LogP contribution in [0.5, 0.6) is 11.5 Å². The lowest BCUT2D eigenvalue weighted by Crippen LogP contribution is -2.92. The second-order valence-corrected chi connectivity index (χ2v) is 7.90. The molecular formula is C25H33N2O4+. The molecule has 1 saturated heterocycles. The van der Waals surface area contributed by atoms with Crippen LogP contribution >= 0.6 is 0 Å². The molecule has 6 heteroatoms. The second-order valence-electron chi connectivity index (χ2n) is 7.90. The summed E-state index contributed by atoms with van der Waals surface area (Å²) >= 11 is 0. The van der Waals surface area contributed by atoms with Crippen molar-refractivity contribution in [2.45, 2.75) is 51.5 Å². The minimum absolute atomic E-state index is 0.145. The Kier molecular flexibility index (Phi) is 8.47. The molecule has 3 rings (SSSR count). The van der Waals surface area contributed by atoms with Gasteiger partial charge in [-0.3, -0.25) is 9.59 Å². The zero-order valence-electron chi connectivity index (χ0n) is 18.5. The molecule has 1 aliphatic rings. The Balaban J connectivity index is 1.48. The number of amides is 2. The number of unbranched alkanes of at least 4 members (excludes halogenated alkanes) is 3. The van der Waals surface area contributed by atoms with Gasteiger partial charge in [-0.1, -0.05) is 38.3 Å². The van der Waals surface area contributed by atoms with Gasteiger partial charge in [0.2, 0.25) is 5.91 Å². The highest BCUT2D eigenvalue weighted by Crippen LogP contribution is 2.24. The monoisotopic (exact) mass is 425 g/mol. The van der Waals surface area contributed by atoms with Crippen LogP contribution in [-0.4, -0.2) is 38.1 Å². The average Bonchev–Trinajstić information content (AvgIpc) is 3.07. The van der Waals surface area contributed by atoms with Crippen molar-refractivity contribution in [1.82, 2.24) is 0 Å². The molecule has 2 aromatic rings. The highest BCUT2D eigenvalue weighted by molar-refractivity contribution is 6.21. The van der Waals surface area contributed by atoms with Crippen molar-refractivity contribution in [2.24, 2.45) is 0 Å². The molecule has 0 unspecified atom stereocenters. The zero-order valence-corrected chi connectivity index (χ0v) is 18.5. The van der Waals surface area contributed by atoms with Gasteiger partial charge in [0, 0.05) is 6.42 Å². The quantitative estimate of drug-likeness (QED) is 0.419. The van der Waals surface area contributed by atoms with Crippen LogP contribution in [0.2, 0.25) is 0 Å². The average molecular weight is 426 g/mol. The Morgan fingerprint density at radius 1 is 0.968 bits per heavy atom. The number of nitrogens with two attached hydrogens (primary N) is 1. The first-order valence-corrected chi connectivity index (χ1v) is 11.2. The zero-order chi connectivity index (χ0) is 22.1. The number of carbonyl (C=O) groups excluding carboxylic acids is 2. The Hall–Kier alpha value is -2.86. The summed E-state index contributed by atoms with van der Waals surface area (Å²) in [6.45, 7) is 3.62. The van der Waals surface area contributed by atoms with E-state index >= 15 is 0 Å². The van der Waals surface area contributed by atoms with E-state index in [4.69, 9.17) is 9.47 Å². The number of imide groups is 1. The van der Waals surface area contributed by atoms with Crippen molar-refractivity contribution in [3.05, 3.63) is 54.1 Å². The summed E-state index contributed by atoms with van der Waals surface area (Å²) in [6.07, 6.45) is 5.68. The van der Waals surface area contributed by atoms with Crippen molar-refractivity contribution in [2.75, 3.05) is 25.2 Å². The highest BCUT2D eigenvalue weighted by Gasteiger charge is 2.42. The topological polar surface area (TPSA) is 72.4 Å². The summed E-state index contributed by atoms with van der Waals surface area (Å²) in [5.41, 5.74) is 1.79. The summed E-state index contributed by atoms with van der Waals surface area (Å²) in [5.74, 6) is 1.30. The Morgan fingerprint density at radius 3 is 2.35 bits per heavy atom. The summed E-state index contributed by atoms with van der Waals surface area (Å²) in [6, 6.07) is 14.8. The minimum atomic E-state index is -0.361. The molecule has 0 spiro atoms. The first kappa shape index (κ1) is 22.8. The molecule has 2 amide bonds. The van der Waals surface area contributed by atoms with E-state index in [1.165, 1.54) is 29.7 Å². The van der Waals surface area contributed by atoms with Gasteiger partial charge in [0.05, 0.1) is 32.4 Å². The van der Waals surface area contributed by atoms with Gasteiger partial charge in [-0.25, -0.2) is 4.90 Å². The van der Waals surface area contributed by atoms with Crippen LogP contribution in [0, 0.1) is 0 Å². The number of quaternary nitrogens is 1. The van der Waals surface area contributed by atoms with Crippen molar-refractivity contribution in [1.29, 1.82) is 0 Å². The predicted molar refractivity (Wildman–Crippen MR) is 120 cm³/mol. The van der Waals surface area contributed by atoms with Gasteiger partial charge < -0.3 is 14.8 Å². The maximum atomic E-state index is 12.8. The minimum Gasteiger partial charge on any atom is -0.497 e. The molecular weight excluding hydrogens is 392 g/mol. The van der Waals surface area contributed by atoms with Gasteiger partial charge >= 0.3 is 0 Å². The van der Waals surface area contributed by atoms with E-state index in [0.717, 1.165) is 30.9 Å². The fourth-order valence-electron chi connectivity index (χ4n) is 3.76. The molecule has 6 nitrogen and oxygen atoms in total. The molecule has 1 aliphatic heterocycles. The number of hydrogen-bond acceptors (Lipinski definition) is 4. The lowest BCUT2D eigenvalue weighted by atomic mass is 10.1. The van der Waals surface area contributed by atoms with Crippen LogP contribution in [0.3, 0.4) is 0 Å². The standard InChI is InChI=1S/C25H32N2O4/c1-3-4-5-6-17-31-22-13-9-20(10-14-22)27-24(28)18-23(25(27)29)26-16-15-19-7-11-21(30-2)12-8-19/h7-14,23,26H,3-6,15-18H2,1-2H3/p+1/t23-/m1/s1. The fourth-order valence-corrected chi connectivity index (χ4v) is 3.76. The summed E-state index contributed by atoms with van der Waals surface area (Å²) < 4.78 is 10.9. The van der Waals surface area contributed by atoms with E-state index in [1.54, 1.807) is 19.2 Å². The van der Waals surface area contributed by atoms with E-state index in [0.29, 0.717) is 12.3 Å². The SMILES string of the molecule is CCCCCCOc1ccc(N2C(=O)C[C@@H]([NH2+]CCc3ccc(OC)cc3)C2=O)cc1. The molecule has 1 fully saturated rings. The van der Waals surface area contributed by atoms with E-state index in [-0.39, 0.29) is 24.3 Å². The van der Waals surface area contributed by atoms with Crippen LogP contribution < -0.4 is 19.7 Å². The van der Waals surface area contributed by atoms with Crippen molar-refractivity contribution >= 4 is 17.5 Å². The number of anilines is 1. The number of ether oxygens (including phenoxy) is 2. The molecule has 0 aliphatic carbocycles. The third-order valence-electron chi connectivity index (χ3n) is 5.59. The highest BCUT2D eigenvalue weighted by atomic mass is 16.5. The van der Waals surface area contributed by atoms with Crippen LogP contribution in [0.15, 0.2) is 48.5 Å². The number of hydrogen-bond donors (Lipinski definition) is 1. The molecule has 0 saturated carbocycles. The Bertz CT molecular complexity index is 849. The van der Waals surface area contributed by atoms with Gasteiger partial charge in [0.15, 0.2) is 6.04 Å². The van der Waals surface area contributed by atoms with E-state index in [1.807, 2.05) is 41.7 Å². The molecule has 1 heterocycles. The number of carbonyl (C=O) groups is 2. The molecule has 0 aromatic heterocycles. The van der Waals surface area contributed by atoms with E-state index in [2.05, 4.69) is 6.92 Å². The molecule has 1 atom stereocenters. The maximum absolute atomic E-state index is 12.8. The summed E-state index contributed by atoms with van der Waals surface area (Å²) in [4.78, 5) is 26.6. The largest absolute Gasteiger partial charge is 0.497 e. The van der Waals surface area contributed by atoms with E-state index in [9.17, 15) is 9.59 Å². The lowest BCUT2D eigenvalue weighted by Gasteiger charge is -2.15. The molecule has 2 aromatic carbocycles. The lowest BCUT2D eigenvalue weighted by molar-refractivity contribution is -0.674. The number of methoxy groups -OCH3 is 1. The van der Waals surface area contributed by atoms with Crippen LogP contribution in [0.1, 0.15) is 44.6 Å². The Morgan fingerprint density at radius 2 is 1.68 bits per heavy atom. The first-order valence-electron chi connectivity index (χ1n) is 11.2. The molecule has 0 radical (unpaired) electrons. The number of rotatable bonds is 12. The van der Waals surface area contributed by atoms with Crippen molar-refractivity contribution < 1.29 is 24.4 Å². The third kappa shape index (κ3) is 6.31. The van der Waals surface area contributed by atoms with Crippen LogP contribution in [0.4, 0.5) is 5.69 Å². The van der Waals surface area contributed by atoms with Gasteiger partial charge in [-0.05, 0) is 48.4 Å². The number of nitrogens with zero attached hydrogens (tertiary/aromatic N) is 1. The second kappa shape index (κ2) is 11.5. The van der Waals surface area contributed by atoms with Gasteiger partial charge in [-0.2, -0.15) is 0 Å². The smallest absolute Gasteiger partial charge is 0.292 e. The number of benzene rings is 2. The van der Waals surface area contributed by atoms with Crippen molar-refractivity contribution in [3.63, 3.8) is 0 Å². The normalized spacial score (nSPS) is 16.1. The molecule has 166 valence electrons. The molecule has 0 bridgehead atoms. The summed E-state index contributed by atoms with van der Waals surface area (Å²) in [5, 5.41) is 1.97. The van der Waals surface area contributed by atoms with Gasteiger partial charge in [-0.15, -0.1) is 0 Å². The van der Waals surface area contributed by atoms with Crippen LogP contribution in [-0.2, 0) is 16.0 Å². The summed E-state index contributed by atoms with van der Waals surface area (Å²) in [7, 11) is 1.65. The van der Waals surface area contributed by atoms with Crippen LogP contribution in [0.25, 0.3) is 0 Å². The van der Waals surface area contributed by atoms with Crippen molar-refractivity contribution in [3.8, 4) is 11.5 Å².